The maximum Gasteiger partial charge on any atom is 0.306 e. The molecule has 0 aliphatic heterocycles. The molecule has 1 aromatic carbocycles. The van der Waals surface area contributed by atoms with Crippen LogP contribution in [0.2, 0.25) is 0 Å². The lowest BCUT2D eigenvalue weighted by Crippen LogP contribution is -2.35. The van der Waals surface area contributed by atoms with Gasteiger partial charge in [0, 0.05) is 6.42 Å². The molecule has 1 aromatic rings. The van der Waals surface area contributed by atoms with Crippen LogP contribution in [0.3, 0.4) is 0 Å². The van der Waals surface area contributed by atoms with E-state index in [4.69, 9.17) is 4.74 Å². The molecule has 0 saturated heterocycles. The minimum absolute atomic E-state index is 0.127. The summed E-state index contributed by atoms with van der Waals surface area (Å²) in [5, 5.41) is 2.23. The number of carbonyl (C=O) groups is 3. The number of carbonyl (C=O) groups excluding carboxylic acids is 3. The molecule has 0 atom stereocenters. The molecule has 5 heteroatoms. The molecule has 1 aliphatic rings. The smallest absolute Gasteiger partial charge is 0.306 e. The highest BCUT2D eigenvalue weighted by molar-refractivity contribution is 5.97. The van der Waals surface area contributed by atoms with Crippen LogP contribution >= 0.6 is 0 Å². The van der Waals surface area contributed by atoms with Gasteiger partial charge in [0.15, 0.2) is 6.61 Å². The van der Waals surface area contributed by atoms with Gasteiger partial charge in [-0.25, -0.2) is 0 Å². The Morgan fingerprint density at radius 2 is 1.74 bits per heavy atom. The van der Waals surface area contributed by atoms with Crippen molar-refractivity contribution >= 4 is 17.8 Å². The molecule has 5 nitrogen and oxygen atoms in total. The van der Waals surface area contributed by atoms with Crippen molar-refractivity contribution in [3.8, 4) is 0 Å². The van der Waals surface area contributed by atoms with Crippen LogP contribution in [0.5, 0.6) is 0 Å². The molecule has 124 valence electrons. The highest BCUT2D eigenvalue weighted by Gasteiger charge is 2.17. The van der Waals surface area contributed by atoms with E-state index >= 15 is 0 Å². The maximum atomic E-state index is 11.7. The third kappa shape index (κ3) is 6.63. The maximum absolute atomic E-state index is 11.7. The van der Waals surface area contributed by atoms with Crippen LogP contribution in [-0.4, -0.2) is 24.4 Å². The molecule has 0 heterocycles. The Bertz CT molecular complexity index is 535. The number of benzene rings is 1. The lowest BCUT2D eigenvalue weighted by atomic mass is 10.0. The fraction of sp³-hybridized carbons (Fsp3) is 0.500. The van der Waals surface area contributed by atoms with Crippen molar-refractivity contribution < 1.29 is 19.1 Å². The Morgan fingerprint density at radius 3 is 2.43 bits per heavy atom. The number of ether oxygens (including phenoxy) is 1. The van der Waals surface area contributed by atoms with E-state index in [-0.39, 0.29) is 12.4 Å². The number of esters is 1. The van der Waals surface area contributed by atoms with Crippen molar-refractivity contribution in [2.24, 2.45) is 5.92 Å². The lowest BCUT2D eigenvalue weighted by molar-refractivity contribution is -0.149. The molecule has 2 rings (SSSR count). The molecule has 1 N–H and O–H groups in total. The van der Waals surface area contributed by atoms with Gasteiger partial charge in [-0.2, -0.15) is 0 Å². The normalized spacial score (nSPS) is 14.4. The predicted molar refractivity (Wildman–Crippen MR) is 85.4 cm³/mol. The summed E-state index contributed by atoms with van der Waals surface area (Å²) in [6.45, 7) is -0.399. The Labute approximate surface area is 136 Å². The van der Waals surface area contributed by atoms with Crippen LogP contribution in [0.15, 0.2) is 30.3 Å². The quantitative estimate of drug-likeness (QED) is 0.784. The van der Waals surface area contributed by atoms with E-state index in [9.17, 15) is 14.4 Å². The fourth-order valence-electron chi connectivity index (χ4n) is 2.86. The van der Waals surface area contributed by atoms with E-state index in [1.54, 1.807) is 0 Å². The van der Waals surface area contributed by atoms with Gasteiger partial charge in [-0.15, -0.1) is 0 Å². The summed E-state index contributed by atoms with van der Waals surface area (Å²) in [5.41, 5.74) is 0.825. The molecule has 0 aromatic heterocycles. The molecule has 0 radical (unpaired) electrons. The number of amides is 2. The van der Waals surface area contributed by atoms with Gasteiger partial charge >= 0.3 is 5.97 Å². The summed E-state index contributed by atoms with van der Waals surface area (Å²) in [7, 11) is 0. The van der Waals surface area contributed by atoms with Crippen molar-refractivity contribution in [3.05, 3.63) is 35.9 Å². The van der Waals surface area contributed by atoms with Crippen LogP contribution in [0, 0.1) is 5.92 Å². The highest BCUT2D eigenvalue weighted by atomic mass is 16.5. The second-order valence-electron chi connectivity index (χ2n) is 5.98. The number of hydrogen-bond acceptors (Lipinski definition) is 4. The molecule has 1 fully saturated rings. The first-order chi connectivity index (χ1) is 11.1. The van der Waals surface area contributed by atoms with Gasteiger partial charge in [0.1, 0.15) is 0 Å². The zero-order valence-corrected chi connectivity index (χ0v) is 13.3. The average molecular weight is 317 g/mol. The zero-order chi connectivity index (χ0) is 16.5. The highest BCUT2D eigenvalue weighted by Crippen LogP contribution is 2.28. The minimum atomic E-state index is -0.583. The molecular formula is C18H23NO4. The number of hydrogen-bond donors (Lipinski definition) is 1. The topological polar surface area (TPSA) is 72.5 Å². The second kappa shape index (κ2) is 9.08. The molecule has 0 unspecified atom stereocenters. The molecule has 23 heavy (non-hydrogen) atoms. The van der Waals surface area contributed by atoms with Gasteiger partial charge in [0.05, 0.1) is 6.42 Å². The fourth-order valence-corrected chi connectivity index (χ4v) is 2.86. The minimum Gasteiger partial charge on any atom is -0.456 e. The Hall–Kier alpha value is -2.17. The van der Waals surface area contributed by atoms with Crippen LogP contribution in [0.4, 0.5) is 0 Å². The number of rotatable bonds is 7. The zero-order valence-electron chi connectivity index (χ0n) is 13.3. The molecule has 2 amide bonds. The van der Waals surface area contributed by atoms with Gasteiger partial charge in [0.2, 0.25) is 5.91 Å². The van der Waals surface area contributed by atoms with E-state index in [1.165, 1.54) is 25.7 Å². The molecule has 1 saturated carbocycles. The van der Waals surface area contributed by atoms with Crippen molar-refractivity contribution in [3.63, 3.8) is 0 Å². The number of nitrogens with one attached hydrogen (secondary N) is 1. The first kappa shape index (κ1) is 17.2. The van der Waals surface area contributed by atoms with Crippen molar-refractivity contribution in [1.82, 2.24) is 5.32 Å². The summed E-state index contributed by atoms with van der Waals surface area (Å²) < 4.78 is 4.91. The largest absolute Gasteiger partial charge is 0.456 e. The van der Waals surface area contributed by atoms with E-state index in [0.29, 0.717) is 12.3 Å². The molecule has 0 bridgehead atoms. The monoisotopic (exact) mass is 317 g/mol. The summed E-state index contributed by atoms with van der Waals surface area (Å²) in [6.07, 6.45) is 6.15. The third-order valence-corrected chi connectivity index (χ3v) is 4.08. The van der Waals surface area contributed by atoms with E-state index in [2.05, 4.69) is 5.32 Å². The van der Waals surface area contributed by atoms with Gasteiger partial charge in [0.25, 0.3) is 5.91 Å². The van der Waals surface area contributed by atoms with Crippen molar-refractivity contribution in [2.75, 3.05) is 6.61 Å². The third-order valence-electron chi connectivity index (χ3n) is 4.08. The van der Waals surface area contributed by atoms with Crippen LogP contribution in [0.25, 0.3) is 0 Å². The lowest BCUT2D eigenvalue weighted by Gasteiger charge is -2.08. The van der Waals surface area contributed by atoms with Gasteiger partial charge < -0.3 is 4.74 Å². The van der Waals surface area contributed by atoms with Crippen LogP contribution in [-0.2, 0) is 25.5 Å². The standard InChI is InChI=1S/C18H23NO4/c20-16(12-15-8-2-1-3-9-15)19-17(21)13-23-18(22)11-10-14-6-4-5-7-14/h1-3,8-9,14H,4-7,10-13H2,(H,19,20,21). The average Bonchev–Trinajstić information content (AvgIpc) is 3.05. The second-order valence-corrected chi connectivity index (χ2v) is 5.98. The predicted octanol–water partition coefficient (Wildman–Crippen LogP) is 2.39. The Morgan fingerprint density at radius 1 is 1.04 bits per heavy atom. The first-order valence-electron chi connectivity index (χ1n) is 8.15. The van der Waals surface area contributed by atoms with Crippen LogP contribution in [0.1, 0.15) is 44.1 Å². The Balaban J connectivity index is 1.60. The first-order valence-corrected chi connectivity index (χ1v) is 8.15. The van der Waals surface area contributed by atoms with Crippen molar-refractivity contribution in [2.45, 2.75) is 44.9 Å². The number of imide groups is 1. The summed E-state index contributed by atoms with van der Waals surface area (Å²) >= 11 is 0. The molecule has 0 spiro atoms. The molecular weight excluding hydrogens is 294 g/mol. The van der Waals surface area contributed by atoms with E-state index in [0.717, 1.165) is 12.0 Å². The molecule has 1 aliphatic carbocycles. The van der Waals surface area contributed by atoms with Crippen molar-refractivity contribution in [1.29, 1.82) is 0 Å². The van der Waals surface area contributed by atoms with Gasteiger partial charge in [-0.05, 0) is 17.9 Å². The Kier molecular flexibility index (Phi) is 6.78. The SMILES string of the molecule is O=C(COC(=O)CCC1CCCC1)NC(=O)Cc1ccccc1. The summed E-state index contributed by atoms with van der Waals surface area (Å²) in [6, 6.07) is 9.14. The van der Waals surface area contributed by atoms with E-state index in [1.807, 2.05) is 30.3 Å². The summed E-state index contributed by atoms with van der Waals surface area (Å²) in [5.74, 6) is -0.741. The van der Waals surface area contributed by atoms with Gasteiger partial charge in [-0.3, -0.25) is 19.7 Å². The van der Waals surface area contributed by atoms with Gasteiger partial charge in [-0.1, -0.05) is 56.0 Å². The van der Waals surface area contributed by atoms with Crippen LogP contribution < -0.4 is 5.32 Å². The van der Waals surface area contributed by atoms with E-state index < -0.39 is 18.4 Å². The summed E-state index contributed by atoms with van der Waals surface area (Å²) in [4.78, 5) is 34.9.